The van der Waals surface area contributed by atoms with Gasteiger partial charge < -0.3 is 15.3 Å². The van der Waals surface area contributed by atoms with E-state index in [2.05, 4.69) is 40.6 Å². The van der Waals surface area contributed by atoms with E-state index in [-0.39, 0.29) is 12.0 Å². The van der Waals surface area contributed by atoms with Gasteiger partial charge >= 0.3 is 0 Å². The van der Waals surface area contributed by atoms with Gasteiger partial charge in [-0.15, -0.1) is 11.3 Å². The number of hydrogen-bond donors (Lipinski definition) is 2. The zero-order valence-electron chi connectivity index (χ0n) is 18.2. The van der Waals surface area contributed by atoms with E-state index in [1.165, 1.54) is 16.7 Å². The fourth-order valence-electron chi connectivity index (χ4n) is 4.98. The van der Waals surface area contributed by atoms with Crippen LogP contribution in [0.1, 0.15) is 35.3 Å². The minimum Gasteiger partial charge on any atom is -0.387 e. The normalized spacial score (nSPS) is 23.3. The van der Waals surface area contributed by atoms with Gasteiger partial charge in [0.2, 0.25) is 0 Å². The lowest BCUT2D eigenvalue weighted by molar-refractivity contribution is -0.260. The summed E-state index contributed by atoms with van der Waals surface area (Å²) in [6.45, 7) is 4.28. The lowest BCUT2D eigenvalue weighted by atomic mass is 9.88. The maximum Gasteiger partial charge on any atom is 0.169 e. The lowest BCUT2D eigenvalue weighted by Gasteiger charge is -2.40. The van der Waals surface area contributed by atoms with Crippen LogP contribution in [0.4, 0.5) is 0 Å². The Bertz CT molecular complexity index is 984. The maximum absolute atomic E-state index is 11.2. The summed E-state index contributed by atoms with van der Waals surface area (Å²) >= 11 is 1.63. The van der Waals surface area contributed by atoms with Crippen molar-refractivity contribution in [3.05, 3.63) is 93.4 Å². The van der Waals surface area contributed by atoms with Crippen LogP contribution in [0.15, 0.2) is 83.0 Å². The number of thiophene rings is 1. The van der Waals surface area contributed by atoms with E-state index in [9.17, 15) is 5.11 Å². The van der Waals surface area contributed by atoms with E-state index in [1.54, 1.807) is 11.3 Å². The molecule has 6 heteroatoms. The van der Waals surface area contributed by atoms with E-state index in [4.69, 9.17) is 9.78 Å². The standard InChI is InChI=1S/C26H30N2O3S/c29-26(25-11-6-16-32-25)20(19-7-2-1-3-8-19)12-14-28-15-13-27-17-23(28)22-18-30-31-24-10-5-4-9-21(22)24/h1-8,10-11,16,20,23,26-27,29H,9,12-15,17-18H2. The van der Waals surface area contributed by atoms with Crippen molar-refractivity contribution < 1.29 is 14.9 Å². The highest BCUT2D eigenvalue weighted by Crippen LogP contribution is 2.37. The lowest BCUT2D eigenvalue weighted by Crippen LogP contribution is -2.53. The van der Waals surface area contributed by atoms with Crippen LogP contribution in [-0.4, -0.2) is 48.8 Å². The first-order valence-electron chi connectivity index (χ1n) is 11.4. The molecule has 1 aromatic carbocycles. The molecule has 168 valence electrons. The average molecular weight is 451 g/mol. The fourth-order valence-corrected chi connectivity index (χ4v) is 5.75. The zero-order chi connectivity index (χ0) is 21.8. The van der Waals surface area contributed by atoms with Crippen LogP contribution in [0.3, 0.4) is 0 Å². The summed E-state index contributed by atoms with van der Waals surface area (Å²) in [4.78, 5) is 14.5. The summed E-state index contributed by atoms with van der Waals surface area (Å²) in [5.74, 6) is 0.900. The minimum absolute atomic E-state index is 0.0575. The van der Waals surface area contributed by atoms with Gasteiger partial charge in [-0.2, -0.15) is 4.89 Å². The highest BCUT2D eigenvalue weighted by molar-refractivity contribution is 7.10. The number of allylic oxidation sites excluding steroid dienone is 4. The fraction of sp³-hybridized carbons (Fsp3) is 0.385. The first-order valence-corrected chi connectivity index (χ1v) is 12.3. The average Bonchev–Trinajstić information content (AvgIpc) is 3.40. The third kappa shape index (κ3) is 4.60. The molecule has 1 aromatic heterocycles. The molecule has 1 fully saturated rings. The predicted octanol–water partition coefficient (Wildman–Crippen LogP) is 4.33. The van der Waals surface area contributed by atoms with Gasteiger partial charge in [-0.05, 0) is 48.0 Å². The summed E-state index contributed by atoms with van der Waals surface area (Å²) < 4.78 is 0. The molecule has 5 nitrogen and oxygen atoms in total. The Morgan fingerprint density at radius 3 is 2.94 bits per heavy atom. The number of hydrogen-bond acceptors (Lipinski definition) is 6. The number of fused-ring (bicyclic) bond motifs is 1. The quantitative estimate of drug-likeness (QED) is 0.615. The van der Waals surface area contributed by atoms with E-state index >= 15 is 0 Å². The van der Waals surface area contributed by atoms with Crippen LogP contribution in [-0.2, 0) is 9.78 Å². The molecule has 3 heterocycles. The predicted molar refractivity (Wildman–Crippen MR) is 127 cm³/mol. The van der Waals surface area contributed by atoms with Crippen molar-refractivity contribution in [2.45, 2.75) is 30.9 Å². The monoisotopic (exact) mass is 450 g/mol. The molecule has 3 unspecified atom stereocenters. The van der Waals surface area contributed by atoms with E-state index in [0.717, 1.165) is 49.7 Å². The molecule has 0 bridgehead atoms. The van der Waals surface area contributed by atoms with Crippen molar-refractivity contribution in [1.29, 1.82) is 0 Å². The van der Waals surface area contributed by atoms with Gasteiger partial charge in [-0.1, -0.05) is 48.6 Å². The first-order chi connectivity index (χ1) is 15.8. The molecule has 32 heavy (non-hydrogen) atoms. The minimum atomic E-state index is -0.495. The molecule has 0 spiro atoms. The Hall–Kier alpha value is -2.22. The number of benzene rings is 1. The molecule has 1 aliphatic carbocycles. The third-order valence-corrected chi connectivity index (χ3v) is 7.62. The summed E-state index contributed by atoms with van der Waals surface area (Å²) in [7, 11) is 0. The Morgan fingerprint density at radius 1 is 1.19 bits per heavy atom. The van der Waals surface area contributed by atoms with Crippen molar-refractivity contribution in [3.63, 3.8) is 0 Å². The van der Waals surface area contributed by atoms with Gasteiger partial charge in [0, 0.05) is 42.0 Å². The molecule has 5 rings (SSSR count). The number of nitrogens with zero attached hydrogens (tertiary/aromatic N) is 1. The Kier molecular flexibility index (Phi) is 6.86. The molecule has 2 aromatic rings. The van der Waals surface area contributed by atoms with Crippen molar-refractivity contribution in [2.75, 3.05) is 32.8 Å². The van der Waals surface area contributed by atoms with Crippen molar-refractivity contribution in [3.8, 4) is 0 Å². The van der Waals surface area contributed by atoms with Crippen LogP contribution < -0.4 is 5.32 Å². The molecule has 2 N–H and O–H groups in total. The second-order valence-electron chi connectivity index (χ2n) is 8.53. The van der Waals surface area contributed by atoms with Crippen LogP contribution in [0.5, 0.6) is 0 Å². The molecular weight excluding hydrogens is 420 g/mol. The first kappa shape index (κ1) is 21.6. The Labute approximate surface area is 193 Å². The number of piperazine rings is 1. The van der Waals surface area contributed by atoms with E-state index in [0.29, 0.717) is 6.61 Å². The van der Waals surface area contributed by atoms with Crippen LogP contribution in [0.2, 0.25) is 0 Å². The molecule has 3 atom stereocenters. The van der Waals surface area contributed by atoms with Crippen molar-refractivity contribution >= 4 is 11.3 Å². The molecule has 0 amide bonds. The zero-order valence-corrected chi connectivity index (χ0v) is 19.0. The highest BCUT2D eigenvalue weighted by Gasteiger charge is 2.33. The Morgan fingerprint density at radius 2 is 2.09 bits per heavy atom. The molecule has 3 aliphatic rings. The van der Waals surface area contributed by atoms with Gasteiger partial charge in [0.25, 0.3) is 0 Å². The Balaban J connectivity index is 1.36. The SMILES string of the molecule is OC(c1cccs1)C(CCN1CCNCC1C1=C2CC=CC=C2OOC1)c1ccccc1. The molecule has 2 aliphatic heterocycles. The van der Waals surface area contributed by atoms with Gasteiger partial charge in [0.05, 0.1) is 6.10 Å². The molecule has 0 radical (unpaired) electrons. The van der Waals surface area contributed by atoms with Gasteiger partial charge in [0.1, 0.15) is 6.61 Å². The van der Waals surface area contributed by atoms with Crippen LogP contribution >= 0.6 is 11.3 Å². The molecular formula is C26H30N2O3S. The number of nitrogens with one attached hydrogen (secondary N) is 1. The van der Waals surface area contributed by atoms with Crippen LogP contribution in [0, 0.1) is 0 Å². The summed E-state index contributed by atoms with van der Waals surface area (Å²) in [6.07, 6.45) is 7.47. The smallest absolute Gasteiger partial charge is 0.169 e. The summed E-state index contributed by atoms with van der Waals surface area (Å²) in [5.41, 5.74) is 3.77. The van der Waals surface area contributed by atoms with Gasteiger partial charge in [-0.3, -0.25) is 4.90 Å². The van der Waals surface area contributed by atoms with Crippen LogP contribution in [0.25, 0.3) is 0 Å². The second-order valence-corrected chi connectivity index (χ2v) is 9.51. The molecule has 1 saturated heterocycles. The van der Waals surface area contributed by atoms with Crippen molar-refractivity contribution in [2.24, 2.45) is 0 Å². The number of rotatable bonds is 7. The molecule has 0 saturated carbocycles. The summed E-state index contributed by atoms with van der Waals surface area (Å²) in [6, 6.07) is 14.8. The summed E-state index contributed by atoms with van der Waals surface area (Å²) in [5, 5.41) is 16.8. The van der Waals surface area contributed by atoms with E-state index < -0.39 is 6.10 Å². The largest absolute Gasteiger partial charge is 0.387 e. The van der Waals surface area contributed by atoms with E-state index in [1.807, 2.05) is 35.7 Å². The highest BCUT2D eigenvalue weighted by atomic mass is 32.1. The third-order valence-electron chi connectivity index (χ3n) is 6.68. The topological polar surface area (TPSA) is 54.0 Å². The van der Waals surface area contributed by atoms with Crippen molar-refractivity contribution in [1.82, 2.24) is 10.2 Å². The number of aliphatic hydroxyl groups excluding tert-OH is 1. The van der Waals surface area contributed by atoms with Gasteiger partial charge in [0.15, 0.2) is 5.76 Å². The number of aliphatic hydroxyl groups is 1. The second kappa shape index (κ2) is 10.1. The maximum atomic E-state index is 11.2. The van der Waals surface area contributed by atoms with Gasteiger partial charge in [-0.25, -0.2) is 0 Å².